The molecule has 2 aromatic carbocycles. The Labute approximate surface area is 134 Å². The molecular weight excluding hydrogens is 318 g/mol. The fourth-order valence-electron chi connectivity index (χ4n) is 2.84. The molecule has 120 valence electrons. The predicted molar refractivity (Wildman–Crippen MR) is 84.1 cm³/mol. The summed E-state index contributed by atoms with van der Waals surface area (Å²) in [6.45, 7) is 1.40. The number of hydrogen-bond acceptors (Lipinski definition) is 5. The highest BCUT2D eigenvalue weighted by atomic mass is 32.2. The molecule has 0 amide bonds. The lowest BCUT2D eigenvalue weighted by atomic mass is 10.1. The molecule has 0 radical (unpaired) electrons. The van der Waals surface area contributed by atoms with Gasteiger partial charge in [-0.2, -0.15) is 8.42 Å². The number of nitro groups is 1. The maximum absolute atomic E-state index is 12.5. The van der Waals surface area contributed by atoms with Crippen molar-refractivity contribution in [1.82, 2.24) is 0 Å². The van der Waals surface area contributed by atoms with Crippen LogP contribution in [0.15, 0.2) is 41.3 Å². The molecule has 0 spiro atoms. The molecule has 0 unspecified atom stereocenters. The van der Waals surface area contributed by atoms with Crippen LogP contribution in [0.4, 0.5) is 5.69 Å². The molecule has 6 nitrogen and oxygen atoms in total. The Bertz CT molecular complexity index is 889. The van der Waals surface area contributed by atoms with E-state index in [1.165, 1.54) is 30.7 Å². The van der Waals surface area contributed by atoms with Crippen molar-refractivity contribution in [2.75, 3.05) is 0 Å². The lowest BCUT2D eigenvalue weighted by molar-refractivity contribution is -0.385. The molecule has 0 saturated heterocycles. The van der Waals surface area contributed by atoms with Crippen LogP contribution >= 0.6 is 0 Å². The summed E-state index contributed by atoms with van der Waals surface area (Å²) >= 11 is 0. The average molecular weight is 333 g/mol. The maximum atomic E-state index is 12.5. The van der Waals surface area contributed by atoms with Gasteiger partial charge in [0.2, 0.25) is 0 Å². The van der Waals surface area contributed by atoms with Crippen molar-refractivity contribution in [2.45, 2.75) is 31.1 Å². The second kappa shape index (κ2) is 5.66. The molecular formula is C16H15NO5S. The van der Waals surface area contributed by atoms with E-state index in [0.717, 1.165) is 24.8 Å². The predicted octanol–water partition coefficient (Wildman–Crippen LogP) is 3.16. The van der Waals surface area contributed by atoms with E-state index < -0.39 is 15.0 Å². The summed E-state index contributed by atoms with van der Waals surface area (Å²) in [4.78, 5) is 10.2. The third kappa shape index (κ3) is 2.92. The molecule has 0 heterocycles. The fraction of sp³-hybridized carbons (Fsp3) is 0.250. The summed E-state index contributed by atoms with van der Waals surface area (Å²) in [6.07, 6.45) is 2.95. The van der Waals surface area contributed by atoms with Gasteiger partial charge < -0.3 is 4.18 Å². The Morgan fingerprint density at radius 2 is 1.87 bits per heavy atom. The van der Waals surface area contributed by atoms with Crippen molar-refractivity contribution in [3.05, 3.63) is 63.2 Å². The van der Waals surface area contributed by atoms with Gasteiger partial charge in [0.25, 0.3) is 5.69 Å². The van der Waals surface area contributed by atoms with Crippen LogP contribution in [0.25, 0.3) is 0 Å². The van der Waals surface area contributed by atoms with E-state index in [4.69, 9.17) is 4.18 Å². The van der Waals surface area contributed by atoms with Crippen molar-refractivity contribution >= 4 is 15.8 Å². The number of fused-ring (bicyclic) bond motifs is 1. The molecule has 23 heavy (non-hydrogen) atoms. The van der Waals surface area contributed by atoms with Crippen molar-refractivity contribution in [3.63, 3.8) is 0 Å². The Morgan fingerprint density at radius 3 is 2.61 bits per heavy atom. The topological polar surface area (TPSA) is 86.5 Å². The van der Waals surface area contributed by atoms with Gasteiger partial charge in [0.15, 0.2) is 0 Å². The van der Waals surface area contributed by atoms with Gasteiger partial charge in [-0.15, -0.1) is 0 Å². The number of rotatable bonds is 4. The van der Waals surface area contributed by atoms with E-state index in [2.05, 4.69) is 0 Å². The van der Waals surface area contributed by atoms with Gasteiger partial charge in [0, 0.05) is 11.6 Å². The van der Waals surface area contributed by atoms with Crippen LogP contribution in [0.3, 0.4) is 0 Å². The summed E-state index contributed by atoms with van der Waals surface area (Å²) in [7, 11) is -4.12. The zero-order valence-corrected chi connectivity index (χ0v) is 13.3. The Balaban J connectivity index is 1.96. The standard InChI is InChI=1S/C16H15NO5S/c1-11-15(17(18)19)6-3-7-16(11)23(20,21)22-14-9-8-12-4-2-5-13(12)10-14/h3,6-10H,2,4-5H2,1H3. The molecule has 0 atom stereocenters. The lowest BCUT2D eigenvalue weighted by Gasteiger charge is -2.10. The van der Waals surface area contributed by atoms with Gasteiger partial charge in [0.05, 0.1) is 4.92 Å². The van der Waals surface area contributed by atoms with Gasteiger partial charge in [-0.25, -0.2) is 0 Å². The van der Waals surface area contributed by atoms with E-state index in [1.54, 1.807) is 12.1 Å². The molecule has 2 aromatic rings. The van der Waals surface area contributed by atoms with Crippen molar-refractivity contribution in [3.8, 4) is 5.75 Å². The van der Waals surface area contributed by atoms with E-state index in [1.807, 2.05) is 6.07 Å². The lowest BCUT2D eigenvalue weighted by Crippen LogP contribution is -2.12. The minimum atomic E-state index is -4.12. The molecule has 1 aliphatic rings. The smallest absolute Gasteiger partial charge is 0.339 e. The summed E-state index contributed by atoms with van der Waals surface area (Å²) in [5, 5.41) is 11.0. The Kier molecular flexibility index (Phi) is 3.81. The highest BCUT2D eigenvalue weighted by Crippen LogP contribution is 2.30. The van der Waals surface area contributed by atoms with Gasteiger partial charge in [-0.05, 0) is 55.5 Å². The van der Waals surface area contributed by atoms with Crippen LogP contribution in [0, 0.1) is 17.0 Å². The third-order valence-corrected chi connectivity index (χ3v) is 5.39. The quantitative estimate of drug-likeness (QED) is 0.487. The summed E-state index contributed by atoms with van der Waals surface area (Å²) < 4.78 is 30.1. The second-order valence-corrected chi connectivity index (χ2v) is 6.99. The first kappa shape index (κ1) is 15.5. The highest BCUT2D eigenvalue weighted by Gasteiger charge is 2.25. The van der Waals surface area contributed by atoms with E-state index in [-0.39, 0.29) is 21.9 Å². The number of nitrogens with zero attached hydrogens (tertiary/aromatic N) is 1. The molecule has 0 fully saturated rings. The van der Waals surface area contributed by atoms with Gasteiger partial charge in [0.1, 0.15) is 10.6 Å². The highest BCUT2D eigenvalue weighted by molar-refractivity contribution is 7.87. The number of hydrogen-bond donors (Lipinski definition) is 0. The van der Waals surface area contributed by atoms with Gasteiger partial charge in [-0.1, -0.05) is 12.1 Å². The average Bonchev–Trinajstić information content (AvgIpc) is 2.94. The van der Waals surface area contributed by atoms with Crippen molar-refractivity contribution < 1.29 is 17.5 Å². The van der Waals surface area contributed by atoms with Crippen molar-refractivity contribution in [1.29, 1.82) is 0 Å². The Hall–Kier alpha value is -2.41. The summed E-state index contributed by atoms with van der Waals surface area (Å²) in [6, 6.07) is 9.13. The minimum Gasteiger partial charge on any atom is -0.379 e. The number of nitro benzene ring substituents is 1. The zero-order valence-electron chi connectivity index (χ0n) is 12.5. The summed E-state index contributed by atoms with van der Waals surface area (Å²) in [5.41, 5.74) is 2.12. The molecule has 3 rings (SSSR count). The molecule has 7 heteroatoms. The van der Waals surface area contributed by atoms with Gasteiger partial charge in [-0.3, -0.25) is 10.1 Å². The SMILES string of the molecule is Cc1c([N+](=O)[O-])cccc1S(=O)(=O)Oc1ccc2c(c1)CCC2. The molecule has 0 aromatic heterocycles. The molecule has 0 aliphatic heterocycles. The van der Waals surface area contributed by atoms with E-state index in [9.17, 15) is 18.5 Å². The molecule has 0 bridgehead atoms. The van der Waals surface area contributed by atoms with Crippen molar-refractivity contribution in [2.24, 2.45) is 0 Å². The van der Waals surface area contributed by atoms with E-state index >= 15 is 0 Å². The first-order valence-electron chi connectivity index (χ1n) is 7.19. The number of aryl methyl sites for hydroxylation is 2. The largest absolute Gasteiger partial charge is 0.379 e. The van der Waals surface area contributed by atoms with Crippen LogP contribution in [0.5, 0.6) is 5.75 Å². The maximum Gasteiger partial charge on any atom is 0.339 e. The van der Waals surface area contributed by atoms with Crippen LogP contribution in [-0.2, 0) is 23.0 Å². The first-order valence-corrected chi connectivity index (χ1v) is 8.59. The minimum absolute atomic E-state index is 0.0682. The molecule has 0 N–H and O–H groups in total. The Morgan fingerprint density at radius 1 is 1.13 bits per heavy atom. The molecule has 1 aliphatic carbocycles. The second-order valence-electron chi connectivity index (χ2n) is 5.48. The first-order chi connectivity index (χ1) is 10.9. The summed E-state index contributed by atoms with van der Waals surface area (Å²) in [5.74, 6) is 0.233. The third-order valence-electron chi connectivity index (χ3n) is 4.00. The normalized spacial score (nSPS) is 13.6. The fourth-order valence-corrected chi connectivity index (χ4v) is 4.01. The molecule has 0 saturated carbocycles. The van der Waals surface area contributed by atoms with Crippen LogP contribution < -0.4 is 4.18 Å². The van der Waals surface area contributed by atoms with Crippen LogP contribution in [0.2, 0.25) is 0 Å². The van der Waals surface area contributed by atoms with Crippen LogP contribution in [0.1, 0.15) is 23.1 Å². The van der Waals surface area contributed by atoms with E-state index in [0.29, 0.717) is 0 Å². The van der Waals surface area contributed by atoms with Crippen LogP contribution in [-0.4, -0.2) is 13.3 Å². The number of benzene rings is 2. The zero-order chi connectivity index (χ0) is 16.6. The van der Waals surface area contributed by atoms with Gasteiger partial charge >= 0.3 is 10.1 Å². The monoisotopic (exact) mass is 333 g/mol.